The molecule has 2 unspecified atom stereocenters. The van der Waals surface area contributed by atoms with Gasteiger partial charge < -0.3 is 26.0 Å². The van der Waals surface area contributed by atoms with Gasteiger partial charge in [0.25, 0.3) is 17.7 Å². The number of rotatable bonds is 13. The first-order valence-corrected chi connectivity index (χ1v) is 14.3. The van der Waals surface area contributed by atoms with E-state index in [1.54, 1.807) is 54.6 Å². The second kappa shape index (κ2) is 17.3. The van der Waals surface area contributed by atoms with Crippen molar-refractivity contribution in [3.05, 3.63) is 114 Å². The number of anilines is 1. The van der Waals surface area contributed by atoms with E-state index in [-0.39, 0.29) is 13.2 Å². The Labute approximate surface area is 266 Å². The van der Waals surface area contributed by atoms with Gasteiger partial charge in [0.15, 0.2) is 0 Å². The molecule has 0 aliphatic carbocycles. The van der Waals surface area contributed by atoms with Gasteiger partial charge in [-0.05, 0) is 37.1 Å². The fourth-order valence-electron chi connectivity index (χ4n) is 3.96. The topological polar surface area (TPSA) is 180 Å². The summed E-state index contributed by atoms with van der Waals surface area (Å²) in [5, 5.41) is 5.40. The number of hydrogen-bond acceptors (Lipinski definition) is 7. The largest absolute Gasteiger partial charge is 0.445 e. The zero-order valence-electron chi connectivity index (χ0n) is 25.4. The summed E-state index contributed by atoms with van der Waals surface area (Å²) in [5.41, 5.74) is 9.71. The number of nitrogens with zero attached hydrogens (tertiary/aromatic N) is 2. The molecule has 5 N–H and O–H groups in total. The molecule has 3 aromatic rings. The van der Waals surface area contributed by atoms with E-state index in [2.05, 4.69) is 16.1 Å². The number of alkyl carbamates (subject to hydrolysis) is 1. The summed E-state index contributed by atoms with van der Waals surface area (Å²) in [4.78, 5) is 76.8. The predicted molar refractivity (Wildman–Crippen MR) is 169 cm³/mol. The average molecular weight is 629 g/mol. The maximum absolute atomic E-state index is 13.2. The Hall–Kier alpha value is -5.98. The molecule has 13 heteroatoms. The van der Waals surface area contributed by atoms with Crippen LogP contribution in [-0.2, 0) is 41.9 Å². The molecule has 240 valence electrons. The lowest BCUT2D eigenvalue weighted by molar-refractivity contribution is -0.142. The van der Waals surface area contributed by atoms with Crippen LogP contribution in [0.5, 0.6) is 0 Å². The third kappa shape index (κ3) is 11.3. The zero-order chi connectivity index (χ0) is 33.5. The molecule has 0 bridgehead atoms. The summed E-state index contributed by atoms with van der Waals surface area (Å²) in [6.07, 6.45) is 1.09. The number of carbonyl (C=O) groups is 6. The van der Waals surface area contributed by atoms with Gasteiger partial charge in [-0.1, -0.05) is 78.9 Å². The van der Waals surface area contributed by atoms with Crippen LogP contribution in [0.25, 0.3) is 0 Å². The summed E-state index contributed by atoms with van der Waals surface area (Å²) in [6, 6.07) is 24.8. The number of nitrogens with two attached hydrogens (primary N) is 1. The summed E-state index contributed by atoms with van der Waals surface area (Å²) >= 11 is 0. The van der Waals surface area contributed by atoms with Crippen LogP contribution in [-0.4, -0.2) is 59.3 Å². The van der Waals surface area contributed by atoms with Crippen LogP contribution in [0.1, 0.15) is 25.0 Å². The molecule has 13 nitrogen and oxygen atoms in total. The minimum Gasteiger partial charge on any atom is -0.445 e. The molecule has 0 heterocycles. The highest BCUT2D eigenvalue weighted by atomic mass is 16.5. The van der Waals surface area contributed by atoms with Crippen LogP contribution in [0, 0.1) is 0 Å². The van der Waals surface area contributed by atoms with Crippen LogP contribution < -0.4 is 26.7 Å². The molecule has 46 heavy (non-hydrogen) atoms. The van der Waals surface area contributed by atoms with E-state index in [9.17, 15) is 28.8 Å². The number of para-hydroxylation sites is 1. The lowest BCUT2D eigenvalue weighted by Gasteiger charge is -2.24. The molecule has 3 rings (SSSR count). The highest BCUT2D eigenvalue weighted by Crippen LogP contribution is 2.17. The number of hydrazine groups is 1. The van der Waals surface area contributed by atoms with Crippen molar-refractivity contribution >= 4 is 41.3 Å². The molecule has 6 amide bonds. The van der Waals surface area contributed by atoms with Gasteiger partial charge in [-0.15, -0.1) is 0 Å². The van der Waals surface area contributed by atoms with Gasteiger partial charge in [0.1, 0.15) is 25.2 Å². The normalized spacial score (nSPS) is 11.9. The summed E-state index contributed by atoms with van der Waals surface area (Å²) in [7, 11) is 0. The fourth-order valence-corrected chi connectivity index (χ4v) is 3.96. The summed E-state index contributed by atoms with van der Waals surface area (Å²) < 4.78 is 5.10. The number of amides is 6. The van der Waals surface area contributed by atoms with Crippen LogP contribution in [0.3, 0.4) is 0 Å². The molecule has 0 fully saturated rings. The SMILES string of the molecule is CC(NC(=O)OCc1ccccc1)C(=O)NC(C)C(=O)NN(CC(N)=O)C(=O)/C=C/C(=O)N(Cc1ccccc1)c1ccccc1. The van der Waals surface area contributed by atoms with E-state index < -0.39 is 54.3 Å². The average Bonchev–Trinajstić information content (AvgIpc) is 3.05. The van der Waals surface area contributed by atoms with Gasteiger partial charge in [-0.25, -0.2) is 9.80 Å². The van der Waals surface area contributed by atoms with E-state index in [4.69, 9.17) is 10.5 Å². The van der Waals surface area contributed by atoms with Crippen molar-refractivity contribution in [3.63, 3.8) is 0 Å². The van der Waals surface area contributed by atoms with Crippen molar-refractivity contribution in [3.8, 4) is 0 Å². The maximum Gasteiger partial charge on any atom is 0.408 e. The fraction of sp³-hybridized carbons (Fsp3) is 0.212. The first-order chi connectivity index (χ1) is 22.0. The number of ether oxygens (including phenoxy) is 1. The third-order valence-electron chi connectivity index (χ3n) is 6.40. The molecular weight excluding hydrogens is 592 g/mol. The van der Waals surface area contributed by atoms with Crippen LogP contribution >= 0.6 is 0 Å². The Balaban J connectivity index is 1.59. The van der Waals surface area contributed by atoms with Crippen molar-refractivity contribution in [2.24, 2.45) is 5.73 Å². The Bertz CT molecular complexity index is 1530. The van der Waals surface area contributed by atoms with Crippen molar-refractivity contribution in [2.75, 3.05) is 11.4 Å². The highest BCUT2D eigenvalue weighted by molar-refractivity contribution is 6.05. The number of nitrogens with one attached hydrogen (secondary N) is 3. The van der Waals surface area contributed by atoms with Crippen molar-refractivity contribution in [1.82, 2.24) is 21.1 Å². The summed E-state index contributed by atoms with van der Waals surface area (Å²) in [5.74, 6) is -3.96. The van der Waals surface area contributed by atoms with Gasteiger partial charge in [0.2, 0.25) is 11.8 Å². The van der Waals surface area contributed by atoms with Crippen LogP contribution in [0.4, 0.5) is 10.5 Å². The zero-order valence-corrected chi connectivity index (χ0v) is 25.4. The second-order valence-corrected chi connectivity index (χ2v) is 10.1. The molecule has 0 aromatic heterocycles. The lowest BCUT2D eigenvalue weighted by Crippen LogP contribution is -2.56. The second-order valence-electron chi connectivity index (χ2n) is 10.1. The quantitative estimate of drug-likeness (QED) is 0.165. The van der Waals surface area contributed by atoms with Crippen molar-refractivity contribution in [1.29, 1.82) is 0 Å². The van der Waals surface area contributed by atoms with E-state index in [0.29, 0.717) is 10.7 Å². The molecule has 0 radical (unpaired) electrons. The molecule has 0 aliphatic rings. The summed E-state index contributed by atoms with van der Waals surface area (Å²) in [6.45, 7) is 2.24. The third-order valence-corrected chi connectivity index (χ3v) is 6.40. The first-order valence-electron chi connectivity index (χ1n) is 14.3. The minimum atomic E-state index is -1.20. The molecule has 0 spiro atoms. The Morgan fingerprint density at radius 3 is 1.83 bits per heavy atom. The minimum absolute atomic E-state index is 0.000897. The number of carbonyl (C=O) groups excluding carboxylic acids is 6. The molecular formula is C33H36N6O7. The number of hydrogen-bond donors (Lipinski definition) is 4. The highest BCUT2D eigenvalue weighted by Gasteiger charge is 2.25. The molecule has 3 aromatic carbocycles. The molecule has 0 saturated carbocycles. The smallest absolute Gasteiger partial charge is 0.408 e. The monoisotopic (exact) mass is 628 g/mol. The van der Waals surface area contributed by atoms with E-state index in [1.165, 1.54) is 18.7 Å². The molecule has 0 aliphatic heterocycles. The van der Waals surface area contributed by atoms with Crippen LogP contribution in [0.15, 0.2) is 103 Å². The standard InChI is InChI=1S/C33H36N6O7/c1-23(36-33(45)46-22-26-14-8-4-9-15-26)31(43)35-24(2)32(44)37-39(21-28(34)40)30(42)19-18-29(41)38(27-16-10-5-11-17-27)20-25-12-6-3-7-13-25/h3-19,23-24H,20-22H2,1-2H3,(H2,34,40)(H,35,43)(H,36,45)(H,37,44)/b19-18+. The number of primary amides is 1. The van der Waals surface area contributed by atoms with Gasteiger partial charge >= 0.3 is 6.09 Å². The molecule has 0 saturated heterocycles. The Morgan fingerprint density at radius 1 is 0.717 bits per heavy atom. The van der Waals surface area contributed by atoms with E-state index in [1.807, 2.05) is 36.4 Å². The van der Waals surface area contributed by atoms with Gasteiger partial charge in [0, 0.05) is 17.8 Å². The van der Waals surface area contributed by atoms with Crippen molar-refractivity contribution < 1.29 is 33.5 Å². The number of benzene rings is 3. The van der Waals surface area contributed by atoms with Gasteiger partial charge in [0.05, 0.1) is 6.54 Å². The Kier molecular flexibility index (Phi) is 13.0. The van der Waals surface area contributed by atoms with E-state index >= 15 is 0 Å². The Morgan fingerprint density at radius 2 is 1.24 bits per heavy atom. The first kappa shape index (κ1) is 34.5. The van der Waals surface area contributed by atoms with Gasteiger partial charge in [-0.2, -0.15) is 0 Å². The molecule has 2 atom stereocenters. The maximum atomic E-state index is 13.2. The van der Waals surface area contributed by atoms with E-state index in [0.717, 1.165) is 23.3 Å². The predicted octanol–water partition coefficient (Wildman–Crippen LogP) is 1.94. The van der Waals surface area contributed by atoms with Crippen LogP contribution in [0.2, 0.25) is 0 Å². The van der Waals surface area contributed by atoms with Gasteiger partial charge in [-0.3, -0.25) is 29.4 Å². The lowest BCUT2D eigenvalue weighted by atomic mass is 10.2. The van der Waals surface area contributed by atoms with Crippen molar-refractivity contribution in [2.45, 2.75) is 39.1 Å².